The topological polar surface area (TPSA) is 86.7 Å². The van der Waals surface area contributed by atoms with Crippen molar-refractivity contribution < 1.29 is 19.5 Å². The summed E-state index contributed by atoms with van der Waals surface area (Å²) in [5.41, 5.74) is 2.25. The molecular weight excluding hydrogens is 344 g/mol. The number of aliphatic carboxylic acids is 1. The number of carboxylic acid groups (broad SMARTS) is 1. The summed E-state index contributed by atoms with van der Waals surface area (Å²) in [6.07, 6.45) is 3.26. The van der Waals surface area contributed by atoms with Crippen molar-refractivity contribution >= 4 is 29.5 Å². The van der Waals surface area contributed by atoms with Crippen molar-refractivity contribution in [2.45, 2.75) is 25.4 Å². The van der Waals surface area contributed by atoms with Crippen LogP contribution in [0.25, 0.3) is 6.08 Å². The molecule has 3 rings (SSSR count). The number of nitrogens with one attached hydrogen (secondary N) is 1. The summed E-state index contributed by atoms with van der Waals surface area (Å²) in [6.45, 7) is 1.55. The zero-order chi connectivity index (χ0) is 19.4. The molecule has 0 fully saturated rings. The maximum absolute atomic E-state index is 12.9. The Balaban J connectivity index is 1.71. The van der Waals surface area contributed by atoms with Crippen LogP contribution in [0.15, 0.2) is 60.7 Å². The highest BCUT2D eigenvalue weighted by Crippen LogP contribution is 2.32. The predicted molar refractivity (Wildman–Crippen MR) is 102 cm³/mol. The molecule has 0 radical (unpaired) electrons. The molecule has 0 unspecified atom stereocenters. The minimum absolute atomic E-state index is 0.256. The molecule has 0 spiro atoms. The average molecular weight is 364 g/mol. The molecule has 1 heterocycles. The number of benzene rings is 2. The van der Waals surface area contributed by atoms with E-state index in [0.717, 1.165) is 11.1 Å². The van der Waals surface area contributed by atoms with Crippen LogP contribution in [0.2, 0.25) is 0 Å². The van der Waals surface area contributed by atoms with Crippen molar-refractivity contribution in [2.24, 2.45) is 0 Å². The standard InChI is InChI=1S/C21H20N2O4/c1-14(22-19(24)12-11-15-7-3-2-4-8-15)20(25)23-17-10-6-5-9-16(17)13-18(23)21(26)27/h2-12,14,18H,13H2,1H3,(H,22,24)(H,26,27)/b12-11+/t14-,18-/m0/s1. The van der Waals surface area contributed by atoms with E-state index in [1.165, 1.54) is 11.0 Å². The third-order valence-corrected chi connectivity index (χ3v) is 4.45. The quantitative estimate of drug-likeness (QED) is 0.797. The number of hydrogen-bond donors (Lipinski definition) is 2. The van der Waals surface area contributed by atoms with Crippen LogP contribution in [0.4, 0.5) is 5.69 Å². The number of amides is 2. The van der Waals surface area contributed by atoms with Gasteiger partial charge in [0.05, 0.1) is 0 Å². The van der Waals surface area contributed by atoms with Crippen LogP contribution in [0.1, 0.15) is 18.1 Å². The molecule has 2 atom stereocenters. The Morgan fingerprint density at radius 2 is 1.78 bits per heavy atom. The van der Waals surface area contributed by atoms with Crippen LogP contribution >= 0.6 is 0 Å². The van der Waals surface area contributed by atoms with Gasteiger partial charge < -0.3 is 10.4 Å². The summed E-state index contributed by atoms with van der Waals surface area (Å²) in [7, 11) is 0. The molecule has 2 amide bonds. The number of carbonyl (C=O) groups is 3. The zero-order valence-corrected chi connectivity index (χ0v) is 14.8. The summed E-state index contributed by atoms with van der Waals surface area (Å²) >= 11 is 0. The van der Waals surface area contributed by atoms with Gasteiger partial charge in [-0.1, -0.05) is 48.5 Å². The highest BCUT2D eigenvalue weighted by atomic mass is 16.4. The van der Waals surface area contributed by atoms with Gasteiger partial charge in [0.2, 0.25) is 11.8 Å². The fourth-order valence-electron chi connectivity index (χ4n) is 3.12. The second-order valence-corrected chi connectivity index (χ2v) is 6.37. The first kappa shape index (κ1) is 18.4. The van der Waals surface area contributed by atoms with Gasteiger partial charge in [-0.2, -0.15) is 0 Å². The van der Waals surface area contributed by atoms with Gasteiger partial charge in [0, 0.05) is 18.2 Å². The highest BCUT2D eigenvalue weighted by molar-refractivity contribution is 6.06. The molecule has 6 heteroatoms. The molecule has 138 valence electrons. The monoisotopic (exact) mass is 364 g/mol. The Hall–Kier alpha value is -3.41. The highest BCUT2D eigenvalue weighted by Gasteiger charge is 2.39. The van der Waals surface area contributed by atoms with Gasteiger partial charge in [-0.25, -0.2) is 4.79 Å². The molecule has 0 bridgehead atoms. The Kier molecular flexibility index (Phi) is 5.35. The van der Waals surface area contributed by atoms with Gasteiger partial charge in [-0.05, 0) is 30.2 Å². The van der Waals surface area contributed by atoms with Gasteiger partial charge in [0.15, 0.2) is 0 Å². The molecular formula is C21H20N2O4. The zero-order valence-electron chi connectivity index (χ0n) is 14.8. The summed E-state index contributed by atoms with van der Waals surface area (Å²) in [6, 6.07) is 14.6. The second-order valence-electron chi connectivity index (χ2n) is 6.37. The third-order valence-electron chi connectivity index (χ3n) is 4.45. The van der Waals surface area contributed by atoms with Crippen molar-refractivity contribution in [3.8, 4) is 0 Å². The van der Waals surface area contributed by atoms with Gasteiger partial charge >= 0.3 is 5.97 Å². The largest absolute Gasteiger partial charge is 0.480 e. The maximum Gasteiger partial charge on any atom is 0.327 e. The number of carboxylic acids is 1. The summed E-state index contributed by atoms with van der Waals surface area (Å²) < 4.78 is 0. The van der Waals surface area contributed by atoms with E-state index in [2.05, 4.69) is 5.32 Å². The molecule has 1 aliphatic heterocycles. The molecule has 1 aliphatic rings. The fraction of sp³-hybridized carbons (Fsp3) is 0.190. The van der Waals surface area contributed by atoms with Gasteiger partial charge in [0.1, 0.15) is 12.1 Å². The van der Waals surface area contributed by atoms with E-state index < -0.39 is 29.9 Å². The first-order valence-electron chi connectivity index (χ1n) is 8.65. The molecule has 2 aromatic carbocycles. The summed E-state index contributed by atoms with van der Waals surface area (Å²) in [4.78, 5) is 37.8. The van der Waals surface area contributed by atoms with Crippen molar-refractivity contribution in [2.75, 3.05) is 4.90 Å². The van der Waals surface area contributed by atoms with Crippen LogP contribution in [0, 0.1) is 0 Å². The normalized spacial score (nSPS) is 16.8. The molecule has 6 nitrogen and oxygen atoms in total. The molecule has 0 saturated carbocycles. The van der Waals surface area contributed by atoms with Crippen molar-refractivity contribution in [3.05, 3.63) is 71.8 Å². The van der Waals surface area contributed by atoms with Crippen LogP contribution in [0.3, 0.4) is 0 Å². The van der Waals surface area contributed by atoms with Gasteiger partial charge in [-0.15, -0.1) is 0 Å². The molecule has 2 aromatic rings. The van der Waals surface area contributed by atoms with Crippen LogP contribution < -0.4 is 10.2 Å². The van der Waals surface area contributed by atoms with Crippen molar-refractivity contribution in [1.82, 2.24) is 5.32 Å². The van der Waals surface area contributed by atoms with Crippen LogP contribution in [0.5, 0.6) is 0 Å². The molecule has 0 aliphatic carbocycles. The number of nitrogens with zero attached hydrogens (tertiary/aromatic N) is 1. The Morgan fingerprint density at radius 3 is 2.48 bits per heavy atom. The SMILES string of the molecule is C[C@H](NC(=O)/C=C/c1ccccc1)C(=O)N1c2ccccc2C[C@H]1C(=O)O. The molecule has 2 N–H and O–H groups in total. The van der Waals surface area contributed by atoms with Crippen LogP contribution in [-0.2, 0) is 20.8 Å². The van der Waals surface area contributed by atoms with E-state index in [-0.39, 0.29) is 6.42 Å². The van der Waals surface area contributed by atoms with Crippen molar-refractivity contribution in [3.63, 3.8) is 0 Å². The second kappa shape index (κ2) is 7.86. The van der Waals surface area contributed by atoms with E-state index in [1.54, 1.807) is 25.1 Å². The van der Waals surface area contributed by atoms with E-state index in [1.807, 2.05) is 42.5 Å². The Labute approximate surface area is 157 Å². The van der Waals surface area contributed by atoms with Crippen LogP contribution in [-0.4, -0.2) is 35.0 Å². The smallest absolute Gasteiger partial charge is 0.327 e. The number of rotatable bonds is 5. The number of hydrogen-bond acceptors (Lipinski definition) is 3. The lowest BCUT2D eigenvalue weighted by Crippen LogP contribution is -2.51. The Morgan fingerprint density at radius 1 is 1.11 bits per heavy atom. The lowest BCUT2D eigenvalue weighted by molar-refractivity contribution is -0.140. The number of anilines is 1. The minimum Gasteiger partial charge on any atom is -0.480 e. The molecule has 0 aromatic heterocycles. The maximum atomic E-state index is 12.9. The number of carbonyl (C=O) groups excluding carboxylic acids is 2. The van der Waals surface area contributed by atoms with Gasteiger partial charge in [0.25, 0.3) is 0 Å². The lowest BCUT2D eigenvalue weighted by Gasteiger charge is -2.26. The average Bonchev–Trinajstić information content (AvgIpc) is 3.06. The fourth-order valence-corrected chi connectivity index (χ4v) is 3.12. The lowest BCUT2D eigenvalue weighted by atomic mass is 10.1. The van der Waals surface area contributed by atoms with E-state index in [9.17, 15) is 19.5 Å². The molecule has 27 heavy (non-hydrogen) atoms. The first-order valence-corrected chi connectivity index (χ1v) is 8.65. The number of para-hydroxylation sites is 1. The Bertz CT molecular complexity index is 892. The van der Waals surface area contributed by atoms with Gasteiger partial charge in [-0.3, -0.25) is 14.5 Å². The van der Waals surface area contributed by atoms with Crippen molar-refractivity contribution in [1.29, 1.82) is 0 Å². The number of fused-ring (bicyclic) bond motifs is 1. The summed E-state index contributed by atoms with van der Waals surface area (Å²) in [5.74, 6) is -1.94. The molecule has 0 saturated heterocycles. The third kappa shape index (κ3) is 4.06. The summed E-state index contributed by atoms with van der Waals surface area (Å²) in [5, 5.41) is 12.1. The van der Waals surface area contributed by atoms with E-state index >= 15 is 0 Å². The van der Waals surface area contributed by atoms with E-state index in [0.29, 0.717) is 5.69 Å². The predicted octanol–water partition coefficient (Wildman–Crippen LogP) is 2.25. The minimum atomic E-state index is -1.07. The van der Waals surface area contributed by atoms with E-state index in [4.69, 9.17) is 0 Å². The first-order chi connectivity index (χ1) is 13.0.